The van der Waals surface area contributed by atoms with Crippen LogP contribution in [0.25, 0.3) is 0 Å². The smallest absolute Gasteiger partial charge is 0.343 e. The number of hydrogen-bond donors (Lipinski definition) is 1. The number of carbonyl (C=O) groups excluding carboxylic acids is 1. The Balaban J connectivity index is 2.34. The van der Waals surface area contributed by atoms with E-state index in [1.54, 1.807) is 27.0 Å². The van der Waals surface area contributed by atoms with Crippen molar-refractivity contribution >= 4 is 21.8 Å². The molecule has 0 fully saturated rings. The molecule has 0 spiro atoms. The van der Waals surface area contributed by atoms with Gasteiger partial charge < -0.3 is 4.74 Å². The monoisotopic (exact) mass is 324 g/mol. The van der Waals surface area contributed by atoms with Gasteiger partial charge in [-0.3, -0.25) is 14.4 Å². The van der Waals surface area contributed by atoms with Crippen LogP contribution in [-0.2, 0) is 21.8 Å². The third-order valence-corrected chi connectivity index (χ3v) is 4.07. The molecule has 2 heterocycles. The Morgan fingerprint density at radius 2 is 2.14 bits per heavy atom. The number of hydrogen-bond acceptors (Lipinski definition) is 6. The molecular formula is C13H16N4O4S. The van der Waals surface area contributed by atoms with Gasteiger partial charge in [0.25, 0.3) is 10.0 Å². The van der Waals surface area contributed by atoms with Crippen LogP contribution in [0.4, 0.5) is 5.82 Å². The van der Waals surface area contributed by atoms with E-state index in [2.05, 4.69) is 14.8 Å². The summed E-state index contributed by atoms with van der Waals surface area (Å²) in [6, 6.07) is 3.01. The summed E-state index contributed by atoms with van der Waals surface area (Å²) in [4.78, 5) is 15.8. The maximum absolute atomic E-state index is 12.3. The predicted molar refractivity (Wildman–Crippen MR) is 78.9 cm³/mol. The standard InChI is InChI=1S/C13H16N4O4S/c1-4-21-13(18)11-8-17(3)15-12(11)16-22(19,20)10-6-5-9(2)14-7-10/h5-8H,4H2,1-3H3,(H,15,16). The lowest BCUT2D eigenvalue weighted by atomic mass is 10.3. The van der Waals surface area contributed by atoms with Gasteiger partial charge in [0.15, 0.2) is 5.82 Å². The van der Waals surface area contributed by atoms with Crippen LogP contribution in [0, 0.1) is 6.92 Å². The molecule has 0 aliphatic heterocycles. The fourth-order valence-corrected chi connectivity index (χ4v) is 2.68. The molecule has 0 aliphatic rings. The highest BCUT2D eigenvalue weighted by Crippen LogP contribution is 2.19. The Labute approximate surface area is 128 Å². The minimum Gasteiger partial charge on any atom is -0.462 e. The maximum Gasteiger partial charge on any atom is 0.343 e. The number of anilines is 1. The van der Waals surface area contributed by atoms with Gasteiger partial charge in [0.1, 0.15) is 10.5 Å². The highest BCUT2D eigenvalue weighted by Gasteiger charge is 2.22. The Morgan fingerprint density at radius 3 is 2.73 bits per heavy atom. The molecule has 2 rings (SSSR count). The number of aryl methyl sites for hydroxylation is 2. The Bertz CT molecular complexity index is 781. The van der Waals surface area contributed by atoms with E-state index >= 15 is 0 Å². The molecule has 0 aromatic carbocycles. The summed E-state index contributed by atoms with van der Waals surface area (Å²) in [6.07, 6.45) is 2.63. The summed E-state index contributed by atoms with van der Waals surface area (Å²) in [5.74, 6) is -0.725. The van der Waals surface area contributed by atoms with E-state index in [0.29, 0.717) is 5.69 Å². The number of esters is 1. The third-order valence-electron chi connectivity index (χ3n) is 2.75. The van der Waals surface area contributed by atoms with Gasteiger partial charge >= 0.3 is 5.97 Å². The van der Waals surface area contributed by atoms with Gasteiger partial charge in [0.05, 0.1) is 6.61 Å². The van der Waals surface area contributed by atoms with Gasteiger partial charge in [0.2, 0.25) is 0 Å². The summed E-state index contributed by atoms with van der Waals surface area (Å²) in [5, 5.41) is 3.95. The molecule has 0 unspecified atom stereocenters. The molecule has 0 bridgehead atoms. The highest BCUT2D eigenvalue weighted by atomic mass is 32.2. The van der Waals surface area contributed by atoms with Crippen molar-refractivity contribution < 1.29 is 17.9 Å². The molecule has 0 saturated carbocycles. The largest absolute Gasteiger partial charge is 0.462 e. The van der Waals surface area contributed by atoms with Gasteiger partial charge in [-0.15, -0.1) is 0 Å². The second kappa shape index (κ2) is 6.14. The minimum atomic E-state index is -3.88. The molecule has 22 heavy (non-hydrogen) atoms. The van der Waals surface area contributed by atoms with Crippen LogP contribution in [0.3, 0.4) is 0 Å². The van der Waals surface area contributed by atoms with Crippen molar-refractivity contribution in [2.75, 3.05) is 11.3 Å². The minimum absolute atomic E-state index is 0.0152. The molecule has 1 N–H and O–H groups in total. The van der Waals surface area contributed by atoms with Crippen molar-refractivity contribution in [3.05, 3.63) is 35.8 Å². The lowest BCUT2D eigenvalue weighted by Crippen LogP contribution is -2.16. The molecule has 0 atom stereocenters. The molecular weight excluding hydrogens is 308 g/mol. The first-order valence-electron chi connectivity index (χ1n) is 6.49. The van der Waals surface area contributed by atoms with Crippen molar-refractivity contribution in [3.8, 4) is 0 Å². The number of pyridine rings is 1. The fourth-order valence-electron chi connectivity index (χ4n) is 1.72. The lowest BCUT2D eigenvalue weighted by Gasteiger charge is -2.07. The highest BCUT2D eigenvalue weighted by molar-refractivity contribution is 7.92. The van der Waals surface area contributed by atoms with E-state index in [1.165, 1.54) is 23.1 Å². The zero-order valence-electron chi connectivity index (χ0n) is 12.4. The van der Waals surface area contributed by atoms with Crippen LogP contribution in [0.2, 0.25) is 0 Å². The van der Waals surface area contributed by atoms with Gasteiger partial charge in [-0.25, -0.2) is 13.2 Å². The predicted octanol–water partition coefficient (Wildman–Crippen LogP) is 1.10. The van der Waals surface area contributed by atoms with E-state index in [9.17, 15) is 13.2 Å². The first kappa shape index (κ1) is 16.0. The number of carbonyl (C=O) groups is 1. The second-order valence-corrected chi connectivity index (χ2v) is 6.21. The zero-order chi connectivity index (χ0) is 16.3. The van der Waals surface area contributed by atoms with Gasteiger partial charge in [-0.1, -0.05) is 0 Å². The molecule has 8 nitrogen and oxygen atoms in total. The Morgan fingerprint density at radius 1 is 1.41 bits per heavy atom. The lowest BCUT2D eigenvalue weighted by molar-refractivity contribution is 0.0527. The van der Waals surface area contributed by atoms with Crippen LogP contribution in [0.15, 0.2) is 29.4 Å². The topological polar surface area (TPSA) is 103 Å². The van der Waals surface area contributed by atoms with E-state index < -0.39 is 16.0 Å². The first-order chi connectivity index (χ1) is 10.3. The summed E-state index contributed by atoms with van der Waals surface area (Å²) in [6.45, 7) is 3.60. The van der Waals surface area contributed by atoms with Gasteiger partial charge in [0, 0.05) is 25.1 Å². The quantitative estimate of drug-likeness (QED) is 0.826. The average molecular weight is 324 g/mol. The summed E-state index contributed by atoms with van der Waals surface area (Å²) >= 11 is 0. The summed E-state index contributed by atoms with van der Waals surface area (Å²) in [5.41, 5.74) is 0.747. The van der Waals surface area contributed by atoms with Crippen molar-refractivity contribution in [1.29, 1.82) is 0 Å². The molecule has 9 heteroatoms. The molecule has 2 aromatic heterocycles. The van der Waals surface area contributed by atoms with Crippen molar-refractivity contribution in [3.63, 3.8) is 0 Å². The first-order valence-corrected chi connectivity index (χ1v) is 7.98. The average Bonchev–Trinajstić information content (AvgIpc) is 2.79. The maximum atomic E-state index is 12.3. The van der Waals surface area contributed by atoms with Crippen molar-refractivity contribution in [2.45, 2.75) is 18.7 Å². The van der Waals surface area contributed by atoms with Crippen LogP contribution >= 0.6 is 0 Å². The molecule has 0 amide bonds. The van der Waals surface area contributed by atoms with Crippen LogP contribution in [-0.4, -0.2) is 35.8 Å². The molecule has 0 radical (unpaired) electrons. The molecule has 0 aliphatic carbocycles. The van der Waals surface area contributed by atoms with Crippen LogP contribution < -0.4 is 4.72 Å². The van der Waals surface area contributed by atoms with E-state index in [4.69, 9.17) is 4.74 Å². The van der Waals surface area contributed by atoms with E-state index in [-0.39, 0.29) is 22.9 Å². The number of ether oxygens (including phenoxy) is 1. The van der Waals surface area contributed by atoms with Gasteiger partial charge in [-0.05, 0) is 26.0 Å². The van der Waals surface area contributed by atoms with E-state index in [1.807, 2.05) is 0 Å². The third kappa shape index (κ3) is 3.42. The number of aromatic nitrogens is 3. The SMILES string of the molecule is CCOC(=O)c1cn(C)nc1NS(=O)(=O)c1ccc(C)nc1. The van der Waals surface area contributed by atoms with Gasteiger partial charge in [-0.2, -0.15) is 5.10 Å². The molecule has 2 aromatic rings. The van der Waals surface area contributed by atoms with Crippen LogP contribution in [0.1, 0.15) is 23.0 Å². The van der Waals surface area contributed by atoms with E-state index in [0.717, 1.165) is 0 Å². The Hall–Kier alpha value is -2.42. The number of sulfonamides is 1. The summed E-state index contributed by atoms with van der Waals surface area (Å²) < 4.78 is 33.1. The summed E-state index contributed by atoms with van der Waals surface area (Å²) in [7, 11) is -2.31. The number of nitrogens with one attached hydrogen (secondary N) is 1. The van der Waals surface area contributed by atoms with Crippen LogP contribution in [0.5, 0.6) is 0 Å². The Kier molecular flexibility index (Phi) is 4.45. The fraction of sp³-hybridized carbons (Fsp3) is 0.308. The normalized spacial score (nSPS) is 11.2. The molecule has 0 saturated heterocycles. The van der Waals surface area contributed by atoms with Crippen molar-refractivity contribution in [1.82, 2.24) is 14.8 Å². The molecule has 118 valence electrons. The van der Waals surface area contributed by atoms with Crippen molar-refractivity contribution in [2.24, 2.45) is 7.05 Å². The zero-order valence-corrected chi connectivity index (χ0v) is 13.2. The second-order valence-electron chi connectivity index (χ2n) is 4.53. The number of rotatable bonds is 5. The number of nitrogens with zero attached hydrogens (tertiary/aromatic N) is 3.